The number of hydrogen-bond acceptors (Lipinski definition) is 3. The highest BCUT2D eigenvalue weighted by Crippen LogP contribution is 2.26. The molecule has 0 unspecified atom stereocenters. The number of nitrogens with two attached hydrogens (primary N) is 1. The second-order valence-corrected chi connectivity index (χ2v) is 4.87. The van der Waals surface area contributed by atoms with Gasteiger partial charge < -0.3 is 16.0 Å². The number of benzene rings is 1. The van der Waals surface area contributed by atoms with Gasteiger partial charge in [0.2, 0.25) is 5.91 Å². The Morgan fingerprint density at radius 1 is 1.39 bits per heavy atom. The Kier molecular flexibility index (Phi) is 4.31. The van der Waals surface area contributed by atoms with E-state index in [9.17, 15) is 4.79 Å². The van der Waals surface area contributed by atoms with Gasteiger partial charge in [-0.15, -0.1) is 0 Å². The Morgan fingerprint density at radius 3 is 2.83 bits per heavy atom. The number of hydrogen-bond donors (Lipinski definition) is 2. The molecular formula is C13H18ClN3O. The summed E-state index contributed by atoms with van der Waals surface area (Å²) in [6.07, 6.45) is 2.74. The Hall–Kier alpha value is -1.42. The number of likely N-dealkylation sites (tertiary alicyclic amines) is 1. The van der Waals surface area contributed by atoms with Crippen LogP contribution in [0.4, 0.5) is 11.4 Å². The lowest BCUT2D eigenvalue weighted by Gasteiger charge is -2.16. The van der Waals surface area contributed by atoms with E-state index in [-0.39, 0.29) is 5.91 Å². The zero-order valence-corrected chi connectivity index (χ0v) is 11.0. The van der Waals surface area contributed by atoms with Crippen molar-refractivity contribution in [1.29, 1.82) is 0 Å². The van der Waals surface area contributed by atoms with E-state index in [2.05, 4.69) is 5.32 Å². The Balaban J connectivity index is 1.81. The third-order valence-corrected chi connectivity index (χ3v) is 3.50. The Morgan fingerprint density at radius 2 is 2.11 bits per heavy atom. The Labute approximate surface area is 112 Å². The fourth-order valence-electron chi connectivity index (χ4n) is 2.12. The average molecular weight is 268 g/mol. The monoisotopic (exact) mass is 267 g/mol. The van der Waals surface area contributed by atoms with Gasteiger partial charge in [-0.2, -0.15) is 0 Å². The lowest BCUT2D eigenvalue weighted by atomic mass is 10.2. The topological polar surface area (TPSA) is 58.4 Å². The van der Waals surface area contributed by atoms with Crippen LogP contribution in [0.15, 0.2) is 18.2 Å². The van der Waals surface area contributed by atoms with Gasteiger partial charge in [0.1, 0.15) is 0 Å². The molecule has 1 amide bonds. The minimum Gasteiger partial charge on any atom is -0.396 e. The Bertz CT molecular complexity index is 430. The maximum absolute atomic E-state index is 11.8. The van der Waals surface area contributed by atoms with Crippen molar-refractivity contribution in [3.05, 3.63) is 23.2 Å². The number of halogens is 1. The van der Waals surface area contributed by atoms with Crippen LogP contribution in [0.3, 0.4) is 0 Å². The average Bonchev–Trinajstić information content (AvgIpc) is 2.88. The van der Waals surface area contributed by atoms with E-state index in [0.717, 1.165) is 31.6 Å². The first-order chi connectivity index (χ1) is 8.68. The molecule has 1 aliphatic heterocycles. The zero-order chi connectivity index (χ0) is 13.0. The third-order valence-electron chi connectivity index (χ3n) is 3.17. The summed E-state index contributed by atoms with van der Waals surface area (Å²) in [4.78, 5) is 13.7. The molecule has 0 aliphatic carbocycles. The van der Waals surface area contributed by atoms with Crippen LogP contribution in [0.5, 0.6) is 0 Å². The van der Waals surface area contributed by atoms with Crippen molar-refractivity contribution < 1.29 is 4.79 Å². The number of nitrogen functional groups attached to an aromatic ring is 1. The molecular weight excluding hydrogens is 250 g/mol. The minimum absolute atomic E-state index is 0.209. The molecule has 1 fully saturated rings. The summed E-state index contributed by atoms with van der Waals surface area (Å²) in [5.74, 6) is 0.209. The molecule has 18 heavy (non-hydrogen) atoms. The maximum atomic E-state index is 11.8. The van der Waals surface area contributed by atoms with Crippen LogP contribution in [0, 0.1) is 0 Å². The highest BCUT2D eigenvalue weighted by Gasteiger charge is 2.17. The van der Waals surface area contributed by atoms with E-state index in [1.54, 1.807) is 6.07 Å². The molecule has 3 N–H and O–H groups in total. The molecule has 0 bridgehead atoms. The van der Waals surface area contributed by atoms with E-state index >= 15 is 0 Å². The van der Waals surface area contributed by atoms with Crippen molar-refractivity contribution in [1.82, 2.24) is 4.90 Å². The summed E-state index contributed by atoms with van der Waals surface area (Å²) >= 11 is 5.92. The molecule has 1 saturated heterocycles. The molecule has 0 atom stereocenters. The first-order valence-electron chi connectivity index (χ1n) is 6.24. The number of carbonyl (C=O) groups is 1. The quantitative estimate of drug-likeness (QED) is 0.824. The van der Waals surface area contributed by atoms with Gasteiger partial charge >= 0.3 is 0 Å². The summed E-state index contributed by atoms with van der Waals surface area (Å²) in [6.45, 7) is 2.39. The van der Waals surface area contributed by atoms with Crippen LogP contribution in [-0.2, 0) is 4.79 Å². The van der Waals surface area contributed by atoms with Crippen molar-refractivity contribution in [2.24, 2.45) is 0 Å². The second-order valence-electron chi connectivity index (χ2n) is 4.47. The third kappa shape index (κ3) is 3.07. The summed E-state index contributed by atoms with van der Waals surface area (Å²) in [5.41, 5.74) is 7.16. The van der Waals surface area contributed by atoms with Crippen molar-refractivity contribution in [3.8, 4) is 0 Å². The fraction of sp³-hybridized carbons (Fsp3) is 0.462. The molecule has 0 aromatic heterocycles. The normalized spacial score (nSPS) is 14.8. The molecule has 5 heteroatoms. The van der Waals surface area contributed by atoms with E-state index < -0.39 is 0 Å². The van der Waals surface area contributed by atoms with E-state index in [0.29, 0.717) is 23.7 Å². The minimum atomic E-state index is 0.209. The van der Waals surface area contributed by atoms with Crippen LogP contribution in [0.25, 0.3) is 0 Å². The zero-order valence-electron chi connectivity index (χ0n) is 10.3. The number of para-hydroxylation sites is 1. The van der Waals surface area contributed by atoms with Crippen LogP contribution >= 0.6 is 11.6 Å². The van der Waals surface area contributed by atoms with E-state index in [1.165, 1.54) is 0 Å². The van der Waals surface area contributed by atoms with Gasteiger partial charge in [-0.05, 0) is 25.0 Å². The molecule has 98 valence electrons. The molecule has 0 spiro atoms. The predicted molar refractivity (Wildman–Crippen MR) is 74.8 cm³/mol. The largest absolute Gasteiger partial charge is 0.396 e. The first-order valence-corrected chi connectivity index (χ1v) is 6.62. The number of rotatable bonds is 4. The molecule has 4 nitrogen and oxygen atoms in total. The van der Waals surface area contributed by atoms with Gasteiger partial charge in [-0.1, -0.05) is 17.7 Å². The summed E-state index contributed by atoms with van der Waals surface area (Å²) in [5, 5.41) is 3.68. The van der Waals surface area contributed by atoms with Crippen molar-refractivity contribution in [2.45, 2.75) is 19.3 Å². The van der Waals surface area contributed by atoms with E-state index in [1.807, 2.05) is 17.0 Å². The highest BCUT2D eigenvalue weighted by molar-refractivity contribution is 6.33. The lowest BCUT2D eigenvalue weighted by molar-refractivity contribution is -0.129. The second kappa shape index (κ2) is 5.96. The number of amides is 1. The molecule has 0 saturated carbocycles. The van der Waals surface area contributed by atoms with Gasteiger partial charge in [0.25, 0.3) is 0 Å². The number of anilines is 2. The molecule has 1 aliphatic rings. The standard InChI is InChI=1S/C13H18ClN3O/c14-10-4-3-5-11(13(10)15)16-7-6-12(18)17-8-1-2-9-17/h3-5,16H,1-2,6-9,15H2. The molecule has 0 radical (unpaired) electrons. The van der Waals surface area contributed by atoms with Gasteiger partial charge in [0, 0.05) is 26.1 Å². The van der Waals surface area contributed by atoms with Crippen LogP contribution in [0.1, 0.15) is 19.3 Å². The molecule has 1 aromatic carbocycles. The number of carbonyl (C=O) groups excluding carboxylic acids is 1. The van der Waals surface area contributed by atoms with Gasteiger partial charge in [-0.3, -0.25) is 4.79 Å². The van der Waals surface area contributed by atoms with Crippen molar-refractivity contribution in [3.63, 3.8) is 0 Å². The van der Waals surface area contributed by atoms with Crippen LogP contribution < -0.4 is 11.1 Å². The van der Waals surface area contributed by atoms with Crippen LogP contribution in [-0.4, -0.2) is 30.4 Å². The fourth-order valence-corrected chi connectivity index (χ4v) is 2.29. The smallest absolute Gasteiger partial charge is 0.224 e. The number of nitrogens with one attached hydrogen (secondary N) is 1. The van der Waals surface area contributed by atoms with Gasteiger partial charge in [-0.25, -0.2) is 0 Å². The van der Waals surface area contributed by atoms with Gasteiger partial charge in [0.05, 0.1) is 16.4 Å². The molecule has 1 heterocycles. The van der Waals surface area contributed by atoms with Crippen molar-refractivity contribution >= 4 is 28.9 Å². The predicted octanol–water partition coefficient (Wildman–Crippen LogP) is 2.35. The first kappa shape index (κ1) is 13.0. The summed E-state index contributed by atoms with van der Waals surface area (Å²) < 4.78 is 0. The molecule has 1 aromatic rings. The highest BCUT2D eigenvalue weighted by atomic mass is 35.5. The van der Waals surface area contributed by atoms with Crippen molar-refractivity contribution in [2.75, 3.05) is 30.7 Å². The van der Waals surface area contributed by atoms with Crippen LogP contribution in [0.2, 0.25) is 5.02 Å². The van der Waals surface area contributed by atoms with E-state index in [4.69, 9.17) is 17.3 Å². The molecule has 2 rings (SSSR count). The SMILES string of the molecule is Nc1c(Cl)cccc1NCCC(=O)N1CCCC1. The summed E-state index contributed by atoms with van der Waals surface area (Å²) in [6, 6.07) is 5.45. The van der Waals surface area contributed by atoms with Gasteiger partial charge in [0.15, 0.2) is 0 Å². The lowest BCUT2D eigenvalue weighted by Crippen LogP contribution is -2.29. The number of nitrogens with zero attached hydrogens (tertiary/aromatic N) is 1. The summed E-state index contributed by atoms with van der Waals surface area (Å²) in [7, 11) is 0. The maximum Gasteiger partial charge on any atom is 0.224 e.